The maximum Gasteiger partial charge on any atom is 0.308 e. The first-order valence-corrected chi connectivity index (χ1v) is 6.06. The smallest absolute Gasteiger partial charge is 0.308 e. The molecule has 5 heteroatoms. The van der Waals surface area contributed by atoms with E-state index in [0.29, 0.717) is 6.54 Å². The predicted octanol–water partition coefficient (Wildman–Crippen LogP) is 1.06. The Hall–Kier alpha value is -1.36. The standard InChI is InChI=1S/C12H19N3O2/c1-3-15-8-13-4-10(15)6-14-5-9(2)11(7-14)12(16)17/h4,8-9,11H,3,5-7H2,1-2H3,(H,16,17)/t9-,11-/m1/s1. The first kappa shape index (κ1) is 12.1. The molecule has 1 aromatic rings. The number of aryl methyl sites for hydroxylation is 1. The quantitative estimate of drug-likeness (QED) is 0.850. The Morgan fingerprint density at radius 1 is 1.59 bits per heavy atom. The third-order valence-electron chi connectivity index (χ3n) is 3.53. The van der Waals surface area contributed by atoms with E-state index in [2.05, 4.69) is 21.4 Å². The highest BCUT2D eigenvalue weighted by molar-refractivity contribution is 5.71. The largest absolute Gasteiger partial charge is 0.481 e. The first-order chi connectivity index (χ1) is 8.11. The molecule has 0 radical (unpaired) electrons. The lowest BCUT2D eigenvalue weighted by Crippen LogP contribution is -2.24. The molecule has 0 aliphatic carbocycles. The molecule has 1 aromatic heterocycles. The number of aliphatic carboxylic acids is 1. The second-order valence-corrected chi connectivity index (χ2v) is 4.79. The molecule has 1 aliphatic heterocycles. The van der Waals surface area contributed by atoms with E-state index in [1.54, 1.807) is 0 Å². The average molecular weight is 237 g/mol. The van der Waals surface area contributed by atoms with Crippen LogP contribution in [0.15, 0.2) is 12.5 Å². The van der Waals surface area contributed by atoms with Gasteiger partial charge in [-0.3, -0.25) is 9.69 Å². The highest BCUT2D eigenvalue weighted by Crippen LogP contribution is 2.24. The lowest BCUT2D eigenvalue weighted by Gasteiger charge is -2.15. The van der Waals surface area contributed by atoms with Crippen LogP contribution in [0.25, 0.3) is 0 Å². The van der Waals surface area contributed by atoms with E-state index in [4.69, 9.17) is 5.11 Å². The third kappa shape index (κ3) is 2.49. The van der Waals surface area contributed by atoms with Crippen molar-refractivity contribution in [2.45, 2.75) is 26.9 Å². The molecular formula is C12H19N3O2. The molecule has 2 atom stereocenters. The number of likely N-dealkylation sites (tertiary alicyclic amines) is 1. The van der Waals surface area contributed by atoms with E-state index >= 15 is 0 Å². The number of hydrogen-bond acceptors (Lipinski definition) is 3. The van der Waals surface area contributed by atoms with Crippen molar-refractivity contribution in [1.29, 1.82) is 0 Å². The van der Waals surface area contributed by atoms with Gasteiger partial charge in [-0.2, -0.15) is 0 Å². The average Bonchev–Trinajstić information content (AvgIpc) is 2.85. The number of hydrogen-bond donors (Lipinski definition) is 1. The molecule has 2 heterocycles. The van der Waals surface area contributed by atoms with E-state index in [1.807, 2.05) is 19.4 Å². The second-order valence-electron chi connectivity index (χ2n) is 4.79. The summed E-state index contributed by atoms with van der Waals surface area (Å²) in [6.07, 6.45) is 3.69. The van der Waals surface area contributed by atoms with Gasteiger partial charge >= 0.3 is 5.97 Å². The topological polar surface area (TPSA) is 58.4 Å². The molecule has 0 amide bonds. The van der Waals surface area contributed by atoms with Gasteiger partial charge in [-0.05, 0) is 12.8 Å². The van der Waals surface area contributed by atoms with Crippen molar-refractivity contribution in [3.63, 3.8) is 0 Å². The van der Waals surface area contributed by atoms with Crippen LogP contribution in [0.4, 0.5) is 0 Å². The van der Waals surface area contributed by atoms with Crippen LogP contribution in [-0.4, -0.2) is 38.6 Å². The van der Waals surface area contributed by atoms with E-state index in [1.165, 1.54) is 0 Å². The molecule has 1 fully saturated rings. The SMILES string of the molecule is CCn1cncc1CN1C[C@@H](C)[C@H](C(=O)O)C1. The van der Waals surface area contributed by atoms with Gasteiger partial charge in [0, 0.05) is 32.4 Å². The molecule has 94 valence electrons. The molecule has 1 N–H and O–H groups in total. The van der Waals surface area contributed by atoms with Crippen molar-refractivity contribution in [2.24, 2.45) is 11.8 Å². The van der Waals surface area contributed by atoms with Gasteiger partial charge in [0.2, 0.25) is 0 Å². The van der Waals surface area contributed by atoms with Gasteiger partial charge in [-0.1, -0.05) is 6.92 Å². The Balaban J connectivity index is 2.00. The highest BCUT2D eigenvalue weighted by atomic mass is 16.4. The number of imidazole rings is 1. The number of carbonyl (C=O) groups is 1. The van der Waals surface area contributed by atoms with Crippen molar-refractivity contribution in [3.05, 3.63) is 18.2 Å². The van der Waals surface area contributed by atoms with Crippen molar-refractivity contribution >= 4 is 5.97 Å². The van der Waals surface area contributed by atoms with Gasteiger partial charge in [0.15, 0.2) is 0 Å². The molecule has 1 aliphatic rings. The highest BCUT2D eigenvalue weighted by Gasteiger charge is 2.34. The molecule has 17 heavy (non-hydrogen) atoms. The van der Waals surface area contributed by atoms with E-state index in [9.17, 15) is 4.79 Å². The minimum atomic E-state index is -0.677. The van der Waals surface area contributed by atoms with E-state index in [-0.39, 0.29) is 11.8 Å². The summed E-state index contributed by atoms with van der Waals surface area (Å²) in [6, 6.07) is 0. The number of aromatic nitrogens is 2. The van der Waals surface area contributed by atoms with Crippen molar-refractivity contribution in [3.8, 4) is 0 Å². The summed E-state index contributed by atoms with van der Waals surface area (Å²) in [7, 11) is 0. The zero-order valence-corrected chi connectivity index (χ0v) is 10.3. The fourth-order valence-corrected chi connectivity index (χ4v) is 2.51. The van der Waals surface area contributed by atoms with Crippen LogP contribution in [0, 0.1) is 11.8 Å². The summed E-state index contributed by atoms with van der Waals surface area (Å²) < 4.78 is 2.10. The predicted molar refractivity (Wildman–Crippen MR) is 63.5 cm³/mol. The number of carboxylic acid groups (broad SMARTS) is 1. The summed E-state index contributed by atoms with van der Waals surface area (Å²) >= 11 is 0. The molecule has 0 spiro atoms. The van der Waals surface area contributed by atoms with E-state index in [0.717, 1.165) is 25.3 Å². The van der Waals surface area contributed by atoms with Crippen LogP contribution in [0.1, 0.15) is 19.5 Å². The van der Waals surface area contributed by atoms with Gasteiger partial charge in [0.1, 0.15) is 0 Å². The summed E-state index contributed by atoms with van der Waals surface area (Å²) in [5, 5.41) is 9.08. The molecule has 0 unspecified atom stereocenters. The normalized spacial score (nSPS) is 25.3. The maximum atomic E-state index is 11.0. The summed E-state index contributed by atoms with van der Waals surface area (Å²) in [4.78, 5) is 17.4. The molecule has 0 saturated carbocycles. The summed E-state index contributed by atoms with van der Waals surface area (Å²) in [6.45, 7) is 7.29. The summed E-state index contributed by atoms with van der Waals surface area (Å²) in [5.74, 6) is -0.678. The van der Waals surface area contributed by atoms with Gasteiger partial charge in [0.05, 0.1) is 17.9 Å². The van der Waals surface area contributed by atoms with Crippen LogP contribution >= 0.6 is 0 Å². The Morgan fingerprint density at radius 2 is 2.35 bits per heavy atom. The lowest BCUT2D eigenvalue weighted by atomic mass is 9.99. The fraction of sp³-hybridized carbons (Fsp3) is 0.667. The molecule has 2 rings (SSSR count). The Morgan fingerprint density at radius 3 is 2.94 bits per heavy atom. The van der Waals surface area contributed by atoms with Crippen molar-refractivity contribution in [1.82, 2.24) is 14.5 Å². The van der Waals surface area contributed by atoms with E-state index < -0.39 is 5.97 Å². The fourth-order valence-electron chi connectivity index (χ4n) is 2.51. The van der Waals surface area contributed by atoms with Gasteiger partial charge in [-0.15, -0.1) is 0 Å². The molecule has 0 bridgehead atoms. The minimum absolute atomic E-state index is 0.227. The second kappa shape index (κ2) is 4.87. The van der Waals surface area contributed by atoms with Crippen LogP contribution in [0.2, 0.25) is 0 Å². The van der Waals surface area contributed by atoms with Gasteiger partial charge in [0.25, 0.3) is 0 Å². The Bertz CT molecular complexity index is 402. The molecule has 0 aromatic carbocycles. The van der Waals surface area contributed by atoms with Gasteiger partial charge in [-0.25, -0.2) is 4.98 Å². The number of nitrogens with zero attached hydrogens (tertiary/aromatic N) is 3. The van der Waals surface area contributed by atoms with Crippen LogP contribution in [0.3, 0.4) is 0 Å². The maximum absolute atomic E-state index is 11.0. The van der Waals surface area contributed by atoms with Gasteiger partial charge < -0.3 is 9.67 Å². The van der Waals surface area contributed by atoms with Crippen molar-refractivity contribution in [2.75, 3.05) is 13.1 Å². The monoisotopic (exact) mass is 237 g/mol. The number of carboxylic acids is 1. The molecular weight excluding hydrogens is 218 g/mol. The third-order valence-corrected chi connectivity index (χ3v) is 3.53. The van der Waals surface area contributed by atoms with Crippen molar-refractivity contribution < 1.29 is 9.90 Å². The van der Waals surface area contributed by atoms with Crippen LogP contribution in [0.5, 0.6) is 0 Å². The first-order valence-electron chi connectivity index (χ1n) is 6.06. The Labute approximate surface area is 101 Å². The zero-order chi connectivity index (χ0) is 12.4. The Kier molecular flexibility index (Phi) is 3.47. The number of rotatable bonds is 4. The minimum Gasteiger partial charge on any atom is -0.481 e. The van der Waals surface area contributed by atoms with Crippen LogP contribution < -0.4 is 0 Å². The molecule has 5 nitrogen and oxygen atoms in total. The molecule has 1 saturated heterocycles. The van der Waals surface area contributed by atoms with Crippen LogP contribution in [-0.2, 0) is 17.9 Å². The summed E-state index contributed by atoms with van der Waals surface area (Å²) in [5.41, 5.74) is 1.16. The lowest BCUT2D eigenvalue weighted by molar-refractivity contribution is -0.142. The zero-order valence-electron chi connectivity index (χ0n) is 10.3.